The van der Waals surface area contributed by atoms with Crippen molar-refractivity contribution in [1.29, 1.82) is 5.26 Å². The molecule has 0 spiro atoms. The molecule has 8 nitrogen and oxygen atoms in total. The molecule has 1 N–H and O–H groups in total. The van der Waals surface area contributed by atoms with E-state index in [1.807, 2.05) is 6.07 Å². The number of carbonyl (C=O) groups excluding carboxylic acids is 3. The molecule has 2 aromatic carbocycles. The van der Waals surface area contributed by atoms with Crippen LogP contribution >= 0.6 is 11.6 Å². The third-order valence-corrected chi connectivity index (χ3v) is 8.35. The maximum Gasteiger partial charge on any atom is 0.263 e. The van der Waals surface area contributed by atoms with Crippen LogP contribution in [-0.2, 0) is 14.4 Å². The summed E-state index contributed by atoms with van der Waals surface area (Å²) in [4.78, 5) is 47.3. The summed E-state index contributed by atoms with van der Waals surface area (Å²) in [6, 6.07) is 12.6. The number of aromatic nitrogens is 1. The zero-order valence-electron chi connectivity index (χ0n) is 23.8. The Hall–Kier alpha value is -4.50. The van der Waals surface area contributed by atoms with Gasteiger partial charge in [-0.05, 0) is 49.2 Å². The van der Waals surface area contributed by atoms with Gasteiger partial charge in [-0.25, -0.2) is 22.5 Å². The second-order valence-corrected chi connectivity index (χ2v) is 11.5. The Balaban J connectivity index is 1.53. The van der Waals surface area contributed by atoms with Crippen LogP contribution in [0.5, 0.6) is 0 Å². The Morgan fingerprint density at radius 3 is 2.56 bits per heavy atom. The van der Waals surface area contributed by atoms with Crippen LogP contribution < -0.4 is 15.1 Å². The summed E-state index contributed by atoms with van der Waals surface area (Å²) in [7, 11) is 0. The molecule has 3 amide bonds. The first-order valence-electron chi connectivity index (χ1n) is 14.3. The largest absolute Gasteiger partial charge is 0.351 e. The minimum Gasteiger partial charge on any atom is -0.351 e. The topological polar surface area (TPSA) is 106 Å². The van der Waals surface area contributed by atoms with Gasteiger partial charge in [0.1, 0.15) is 17.7 Å². The normalized spacial score (nSPS) is 20.4. The smallest absolute Gasteiger partial charge is 0.263 e. The van der Waals surface area contributed by atoms with E-state index < -0.39 is 73.0 Å². The number of carbonyl (C=O) groups is 3. The summed E-state index contributed by atoms with van der Waals surface area (Å²) >= 11 is 6.52. The maximum absolute atomic E-state index is 14.8. The van der Waals surface area contributed by atoms with Gasteiger partial charge in [0.25, 0.3) is 5.91 Å². The van der Waals surface area contributed by atoms with Gasteiger partial charge in [-0.2, -0.15) is 5.26 Å². The van der Waals surface area contributed by atoms with Gasteiger partial charge in [0.15, 0.2) is 6.17 Å². The van der Waals surface area contributed by atoms with Gasteiger partial charge < -0.3 is 5.32 Å². The van der Waals surface area contributed by atoms with Crippen LogP contribution in [0.1, 0.15) is 55.7 Å². The number of pyridine rings is 1. The van der Waals surface area contributed by atoms with Crippen molar-refractivity contribution in [2.75, 3.05) is 9.80 Å². The molecule has 2 aliphatic rings. The molecule has 234 valence electrons. The fourth-order valence-corrected chi connectivity index (χ4v) is 6.03. The molecule has 1 saturated heterocycles. The lowest BCUT2D eigenvalue weighted by atomic mass is 9.91. The van der Waals surface area contributed by atoms with E-state index in [2.05, 4.69) is 10.3 Å². The fourth-order valence-electron chi connectivity index (χ4n) is 5.79. The molecule has 0 bridgehead atoms. The molecule has 45 heavy (non-hydrogen) atoms. The maximum atomic E-state index is 14.8. The van der Waals surface area contributed by atoms with E-state index in [0.717, 1.165) is 21.9 Å². The van der Waals surface area contributed by atoms with Crippen molar-refractivity contribution in [2.24, 2.45) is 0 Å². The third-order valence-electron chi connectivity index (χ3n) is 8.01. The fraction of sp³-hybridized carbons (Fsp3) is 0.344. The lowest BCUT2D eigenvalue weighted by Crippen LogP contribution is -2.49. The Morgan fingerprint density at radius 1 is 1.13 bits per heavy atom. The molecule has 1 saturated carbocycles. The summed E-state index contributed by atoms with van der Waals surface area (Å²) < 4.78 is 57.1. The van der Waals surface area contributed by atoms with E-state index in [0.29, 0.717) is 0 Å². The number of nitrogens with zero attached hydrogens (tertiary/aromatic N) is 4. The van der Waals surface area contributed by atoms with Crippen molar-refractivity contribution >= 4 is 40.8 Å². The molecule has 3 atom stereocenters. The lowest BCUT2D eigenvalue weighted by Gasteiger charge is -2.35. The van der Waals surface area contributed by atoms with Crippen LogP contribution in [0.15, 0.2) is 66.9 Å². The average Bonchev–Trinajstić information content (AvgIpc) is 3.29. The summed E-state index contributed by atoms with van der Waals surface area (Å²) in [5.74, 6) is -6.03. The number of benzene rings is 2. The highest BCUT2D eigenvalue weighted by Crippen LogP contribution is 2.37. The number of hydrogen-bond donors (Lipinski definition) is 1. The predicted molar refractivity (Wildman–Crippen MR) is 158 cm³/mol. The van der Waals surface area contributed by atoms with Gasteiger partial charge in [-0.3, -0.25) is 24.2 Å². The molecule has 3 aromatic rings. The van der Waals surface area contributed by atoms with Crippen molar-refractivity contribution in [2.45, 2.75) is 68.7 Å². The minimum absolute atomic E-state index is 0.00763. The highest BCUT2D eigenvalue weighted by Gasteiger charge is 2.45. The molecule has 0 unspecified atom stereocenters. The van der Waals surface area contributed by atoms with E-state index >= 15 is 0 Å². The standard InChI is InChI=1S/C32H28ClF4N5O3/c33-25-7-2-1-6-24(25)29(30(44)40-21-8-11-32(36,37)12-9-21)42(22-5-3-4-20(34)15-22)28(43)17-23-16-26(35)31(45)41(23)27-14-19(18-38)10-13-39-27/h1-7,10,13-15,21,23,26,29H,8-9,11-12,16-17H2,(H,40,44)/t23-,26-,29+/m1/s1. The van der Waals surface area contributed by atoms with Crippen LogP contribution in [-0.4, -0.2) is 46.9 Å². The number of amides is 3. The average molecular weight is 642 g/mol. The summed E-state index contributed by atoms with van der Waals surface area (Å²) in [6.45, 7) is 0. The zero-order chi connectivity index (χ0) is 32.3. The van der Waals surface area contributed by atoms with Crippen molar-refractivity contribution in [3.05, 3.63) is 88.8 Å². The molecular formula is C32H28ClF4N5O3. The molecule has 2 heterocycles. The summed E-state index contributed by atoms with van der Waals surface area (Å²) in [5.41, 5.74) is 0.326. The van der Waals surface area contributed by atoms with E-state index in [4.69, 9.17) is 11.6 Å². The van der Waals surface area contributed by atoms with Gasteiger partial charge in [-0.15, -0.1) is 0 Å². The quantitative estimate of drug-likeness (QED) is 0.302. The summed E-state index contributed by atoms with van der Waals surface area (Å²) in [5, 5.41) is 12.2. The van der Waals surface area contributed by atoms with Crippen LogP contribution in [0.3, 0.4) is 0 Å². The first-order valence-corrected chi connectivity index (χ1v) is 14.7. The SMILES string of the molecule is N#Cc1ccnc(N2C(=O)[C@H](F)C[C@@H]2CC(=O)N(c2cccc(F)c2)[C@H](C(=O)NC2CCC(F)(F)CC2)c2ccccc2Cl)c1. The van der Waals surface area contributed by atoms with Crippen molar-refractivity contribution < 1.29 is 31.9 Å². The molecule has 2 fully saturated rings. The van der Waals surface area contributed by atoms with Gasteiger partial charge in [-0.1, -0.05) is 35.9 Å². The van der Waals surface area contributed by atoms with Crippen LogP contribution in [0.4, 0.5) is 29.1 Å². The monoisotopic (exact) mass is 641 g/mol. The highest BCUT2D eigenvalue weighted by atomic mass is 35.5. The number of rotatable bonds is 8. The Labute approximate surface area is 261 Å². The number of anilines is 2. The van der Waals surface area contributed by atoms with Crippen molar-refractivity contribution in [1.82, 2.24) is 10.3 Å². The van der Waals surface area contributed by atoms with Crippen molar-refractivity contribution in [3.63, 3.8) is 0 Å². The van der Waals surface area contributed by atoms with Crippen LogP contribution in [0.2, 0.25) is 5.02 Å². The van der Waals surface area contributed by atoms with E-state index in [1.54, 1.807) is 12.1 Å². The van der Waals surface area contributed by atoms with E-state index in [9.17, 15) is 37.2 Å². The van der Waals surface area contributed by atoms with Crippen molar-refractivity contribution in [3.8, 4) is 6.07 Å². The van der Waals surface area contributed by atoms with Crippen LogP contribution in [0.25, 0.3) is 0 Å². The Bertz CT molecular complexity index is 1640. The van der Waals surface area contributed by atoms with Gasteiger partial charge in [0, 0.05) is 54.2 Å². The summed E-state index contributed by atoms with van der Waals surface area (Å²) in [6.07, 6.45) is -2.38. The number of alkyl halides is 3. The molecule has 0 radical (unpaired) electrons. The second-order valence-electron chi connectivity index (χ2n) is 11.1. The molecule has 1 aliphatic carbocycles. The molecule has 1 aromatic heterocycles. The van der Waals surface area contributed by atoms with Crippen LogP contribution in [0, 0.1) is 17.1 Å². The van der Waals surface area contributed by atoms with E-state index in [1.165, 1.54) is 42.6 Å². The zero-order valence-corrected chi connectivity index (χ0v) is 24.6. The third kappa shape index (κ3) is 7.09. The Morgan fingerprint density at radius 2 is 1.87 bits per heavy atom. The minimum atomic E-state index is -2.84. The van der Waals surface area contributed by atoms with Gasteiger partial charge in [0.05, 0.1) is 17.7 Å². The number of nitriles is 1. The molecular weight excluding hydrogens is 614 g/mol. The second kappa shape index (κ2) is 13.2. The first kappa shape index (κ1) is 31.9. The molecule has 5 rings (SSSR count). The lowest BCUT2D eigenvalue weighted by molar-refractivity contribution is -0.128. The molecule has 1 aliphatic heterocycles. The molecule has 13 heteroatoms. The number of hydrogen-bond acceptors (Lipinski definition) is 5. The predicted octanol–water partition coefficient (Wildman–Crippen LogP) is 6.05. The van der Waals surface area contributed by atoms with E-state index in [-0.39, 0.29) is 46.9 Å². The Kier molecular flexibility index (Phi) is 9.39. The van der Waals surface area contributed by atoms with Gasteiger partial charge in [0.2, 0.25) is 17.7 Å². The number of nitrogens with one attached hydrogen (secondary N) is 1. The highest BCUT2D eigenvalue weighted by molar-refractivity contribution is 6.31. The van der Waals surface area contributed by atoms with Gasteiger partial charge >= 0.3 is 0 Å². The first-order chi connectivity index (χ1) is 21.5. The number of halogens is 5.